The number of aryl methyl sites for hydroxylation is 1. The Kier molecular flexibility index (Phi) is 9.07. The van der Waals surface area contributed by atoms with Crippen LogP contribution in [-0.2, 0) is 38.6 Å². The van der Waals surface area contributed by atoms with Crippen molar-refractivity contribution in [2.45, 2.75) is 52.4 Å². The molecule has 3 heterocycles. The molecule has 1 unspecified atom stereocenters. The lowest BCUT2D eigenvalue weighted by molar-refractivity contribution is -0.129. The molecule has 1 aliphatic rings. The number of ether oxygens (including phenoxy) is 3. The minimum absolute atomic E-state index is 0.0909. The topological polar surface area (TPSA) is 141 Å². The van der Waals surface area contributed by atoms with E-state index in [1.807, 2.05) is 0 Å². The molecule has 2 aromatic heterocycles. The number of carbonyl (C=O) groups excluding carboxylic acids is 1. The molecule has 0 radical (unpaired) electrons. The van der Waals surface area contributed by atoms with Crippen molar-refractivity contribution >= 4 is 33.6 Å². The molecule has 0 spiro atoms. The fraction of sp³-hybridized carbons (Fsp3) is 0.545. The third-order valence-corrected chi connectivity index (χ3v) is 6.89. The van der Waals surface area contributed by atoms with Gasteiger partial charge in [-0.1, -0.05) is 0 Å². The number of nitrogens with zero attached hydrogens (tertiary/aromatic N) is 3. The maximum absolute atomic E-state index is 13.3. The Balaban J connectivity index is 2.09. The van der Waals surface area contributed by atoms with Gasteiger partial charge >= 0.3 is 11.8 Å². The minimum Gasteiger partial charge on any atom is -0.501 e. The smallest absolute Gasteiger partial charge is 0.423 e. The molecule has 0 aliphatic carbocycles. The van der Waals surface area contributed by atoms with E-state index in [0.717, 1.165) is 28.5 Å². The van der Waals surface area contributed by atoms with Crippen molar-refractivity contribution in [1.29, 1.82) is 0 Å². The molecule has 35 heavy (non-hydrogen) atoms. The Morgan fingerprint density at radius 1 is 1.34 bits per heavy atom. The number of hydrazine groups is 1. The average molecular weight is 511 g/mol. The summed E-state index contributed by atoms with van der Waals surface area (Å²) in [5.41, 5.74) is 1.74. The van der Waals surface area contributed by atoms with Crippen LogP contribution in [0.2, 0.25) is 0 Å². The van der Waals surface area contributed by atoms with Crippen LogP contribution in [0.25, 0.3) is 10.2 Å². The van der Waals surface area contributed by atoms with Gasteiger partial charge in [-0.3, -0.25) is 18.7 Å². The molecule has 2 aromatic rings. The molecule has 3 rings (SSSR count). The van der Waals surface area contributed by atoms with Crippen LogP contribution in [0.15, 0.2) is 21.9 Å². The van der Waals surface area contributed by atoms with E-state index in [-0.39, 0.29) is 32.3 Å². The Hall–Kier alpha value is -3.16. The maximum atomic E-state index is 13.3. The summed E-state index contributed by atoms with van der Waals surface area (Å²) in [5.74, 6) is -0.646. The van der Waals surface area contributed by atoms with E-state index in [9.17, 15) is 24.3 Å². The first kappa shape index (κ1) is 26.4. The van der Waals surface area contributed by atoms with Crippen molar-refractivity contribution in [3.63, 3.8) is 0 Å². The number of methoxy groups -OCH3 is 1. The third kappa shape index (κ3) is 6.10. The predicted molar refractivity (Wildman–Crippen MR) is 128 cm³/mol. The van der Waals surface area contributed by atoms with Crippen LogP contribution in [0, 0.1) is 6.92 Å². The summed E-state index contributed by atoms with van der Waals surface area (Å²) in [5, 5.41) is 10.5. The van der Waals surface area contributed by atoms with Gasteiger partial charge in [0, 0.05) is 24.7 Å². The second-order valence-corrected chi connectivity index (χ2v) is 8.99. The van der Waals surface area contributed by atoms with Crippen LogP contribution in [-0.4, -0.2) is 64.3 Å². The first-order valence-corrected chi connectivity index (χ1v) is 12.1. The molecule has 0 bridgehead atoms. The summed E-state index contributed by atoms with van der Waals surface area (Å²) in [6, 6.07) is 0. The van der Waals surface area contributed by atoms with Gasteiger partial charge in [0.2, 0.25) is 0 Å². The van der Waals surface area contributed by atoms with Crippen molar-refractivity contribution < 1.29 is 28.9 Å². The summed E-state index contributed by atoms with van der Waals surface area (Å²) in [4.78, 5) is 51.5. The Morgan fingerprint density at radius 3 is 2.74 bits per heavy atom. The monoisotopic (exact) mass is 510 g/mol. The SMILES string of the molecule is CCOC=CC(=O)N(Cc1sc2c(c1C)c(=O)n(CCOC)c(=O)n2CC1CCCO1)NC(=O)O. The number of hydrogen-bond acceptors (Lipinski definition) is 8. The zero-order valence-corrected chi connectivity index (χ0v) is 20.8. The van der Waals surface area contributed by atoms with Crippen LogP contribution in [0.4, 0.5) is 4.79 Å². The lowest BCUT2D eigenvalue weighted by Crippen LogP contribution is -2.44. The van der Waals surface area contributed by atoms with Gasteiger partial charge in [-0.2, -0.15) is 0 Å². The Morgan fingerprint density at radius 2 is 2.11 bits per heavy atom. The van der Waals surface area contributed by atoms with E-state index in [1.54, 1.807) is 13.8 Å². The fourth-order valence-corrected chi connectivity index (χ4v) is 5.14. The molecule has 13 heteroatoms. The van der Waals surface area contributed by atoms with E-state index in [1.165, 1.54) is 29.3 Å². The number of amides is 2. The molecule has 0 aromatic carbocycles. The lowest BCUT2D eigenvalue weighted by atomic mass is 10.2. The third-order valence-electron chi connectivity index (χ3n) is 5.59. The number of carbonyl (C=O) groups is 2. The van der Waals surface area contributed by atoms with Crippen LogP contribution in [0.5, 0.6) is 0 Å². The zero-order valence-electron chi connectivity index (χ0n) is 19.9. The lowest BCUT2D eigenvalue weighted by Gasteiger charge is -2.19. The average Bonchev–Trinajstić information content (AvgIpc) is 3.44. The standard InChI is InChI=1S/C22H30N4O8S/c1-4-33-10-7-17(27)26(23-21(29)30)13-16-14(2)18-19(28)24(8-11-32-3)22(31)25(20(18)35-16)12-15-6-5-9-34-15/h7,10,15,23H,4-6,8-9,11-13H2,1-3H3,(H,29,30). The van der Waals surface area contributed by atoms with Crippen molar-refractivity contribution in [3.05, 3.63) is 43.6 Å². The summed E-state index contributed by atoms with van der Waals surface area (Å²) in [7, 11) is 1.49. The highest BCUT2D eigenvalue weighted by atomic mass is 32.1. The summed E-state index contributed by atoms with van der Waals surface area (Å²) in [6.45, 7) is 4.86. The van der Waals surface area contributed by atoms with Gasteiger partial charge in [-0.25, -0.2) is 20.0 Å². The van der Waals surface area contributed by atoms with E-state index >= 15 is 0 Å². The van der Waals surface area contributed by atoms with E-state index in [4.69, 9.17) is 14.2 Å². The summed E-state index contributed by atoms with van der Waals surface area (Å²) in [6.07, 6.45) is 2.43. The highest BCUT2D eigenvalue weighted by Gasteiger charge is 2.25. The molecule has 1 atom stereocenters. The highest BCUT2D eigenvalue weighted by molar-refractivity contribution is 7.18. The molecule has 12 nitrogen and oxygen atoms in total. The van der Waals surface area contributed by atoms with Gasteiger partial charge in [-0.15, -0.1) is 11.3 Å². The van der Waals surface area contributed by atoms with E-state index < -0.39 is 23.2 Å². The van der Waals surface area contributed by atoms with Gasteiger partial charge in [0.15, 0.2) is 0 Å². The number of rotatable bonds is 10. The molecule has 1 fully saturated rings. The van der Waals surface area contributed by atoms with E-state index in [2.05, 4.69) is 5.43 Å². The fourth-order valence-electron chi connectivity index (χ4n) is 3.85. The van der Waals surface area contributed by atoms with Crippen molar-refractivity contribution in [1.82, 2.24) is 19.6 Å². The number of hydrogen-bond donors (Lipinski definition) is 2. The van der Waals surface area contributed by atoms with Crippen LogP contribution in [0.1, 0.15) is 30.2 Å². The second kappa shape index (κ2) is 12.0. The number of aromatic nitrogens is 2. The van der Waals surface area contributed by atoms with Gasteiger partial charge in [0.1, 0.15) is 4.83 Å². The molecular weight excluding hydrogens is 480 g/mol. The predicted octanol–water partition coefficient (Wildman–Crippen LogP) is 1.42. The van der Waals surface area contributed by atoms with Gasteiger partial charge in [0.05, 0.1) is 50.6 Å². The van der Waals surface area contributed by atoms with Crippen LogP contribution in [0.3, 0.4) is 0 Å². The molecule has 1 aliphatic heterocycles. The zero-order chi connectivity index (χ0) is 25.5. The second-order valence-electron chi connectivity index (χ2n) is 7.91. The minimum atomic E-state index is -1.42. The molecule has 2 amide bonds. The number of carboxylic acid groups (broad SMARTS) is 1. The number of fused-ring (bicyclic) bond motifs is 1. The van der Waals surface area contributed by atoms with Crippen molar-refractivity contribution in [2.24, 2.45) is 0 Å². The maximum Gasteiger partial charge on any atom is 0.423 e. The molecule has 2 N–H and O–H groups in total. The Labute approximate surface area is 205 Å². The van der Waals surface area contributed by atoms with Crippen LogP contribution >= 0.6 is 11.3 Å². The normalized spacial score (nSPS) is 15.7. The van der Waals surface area contributed by atoms with E-state index in [0.29, 0.717) is 33.9 Å². The quantitative estimate of drug-likeness (QED) is 0.278. The molecular formula is C22H30N4O8S. The molecule has 1 saturated heterocycles. The molecule has 0 saturated carbocycles. The largest absolute Gasteiger partial charge is 0.501 e. The number of thiophene rings is 1. The first-order chi connectivity index (χ1) is 16.8. The first-order valence-electron chi connectivity index (χ1n) is 11.2. The molecule has 192 valence electrons. The highest BCUT2D eigenvalue weighted by Crippen LogP contribution is 2.29. The van der Waals surface area contributed by atoms with Crippen LogP contribution < -0.4 is 16.7 Å². The number of nitrogens with one attached hydrogen (secondary N) is 1. The van der Waals surface area contributed by atoms with Crippen molar-refractivity contribution in [3.8, 4) is 0 Å². The van der Waals surface area contributed by atoms with Crippen molar-refractivity contribution in [2.75, 3.05) is 26.9 Å². The Bertz CT molecular complexity index is 1210. The van der Waals surface area contributed by atoms with Gasteiger partial charge in [-0.05, 0) is 32.3 Å². The van der Waals surface area contributed by atoms with Gasteiger partial charge in [0.25, 0.3) is 11.5 Å². The van der Waals surface area contributed by atoms with Gasteiger partial charge < -0.3 is 19.3 Å². The summed E-state index contributed by atoms with van der Waals surface area (Å²) < 4.78 is 18.5. The summed E-state index contributed by atoms with van der Waals surface area (Å²) >= 11 is 1.18.